The highest BCUT2D eigenvalue weighted by atomic mass is 16.5. The monoisotopic (exact) mass is 268 g/mol. The van der Waals surface area contributed by atoms with Crippen molar-refractivity contribution in [3.8, 4) is 0 Å². The maximum absolute atomic E-state index is 12.0. The van der Waals surface area contributed by atoms with Gasteiger partial charge < -0.3 is 4.74 Å². The average Bonchev–Trinajstić information content (AvgIpc) is 2.82. The Bertz CT molecular complexity index is 403. The highest BCUT2D eigenvalue weighted by Gasteiger charge is 2.31. The Hall–Kier alpha value is -1.46. The minimum Gasteiger partial charge on any atom is -0.469 e. The van der Waals surface area contributed by atoms with Gasteiger partial charge in [0, 0.05) is 12.5 Å². The van der Waals surface area contributed by atoms with Crippen LogP contribution in [0.4, 0.5) is 0 Å². The molecule has 0 amide bonds. The van der Waals surface area contributed by atoms with Crippen LogP contribution in [0, 0.1) is 11.8 Å². The van der Waals surface area contributed by atoms with E-state index in [1.165, 1.54) is 7.11 Å². The van der Waals surface area contributed by atoms with Gasteiger partial charge in [0.2, 0.25) is 0 Å². The molecular formula is C13H24N4O2. The summed E-state index contributed by atoms with van der Waals surface area (Å²) in [6, 6.07) is 0. The normalized spacial score (nSPS) is 14.4. The van der Waals surface area contributed by atoms with Gasteiger partial charge >= 0.3 is 5.97 Å². The fourth-order valence-electron chi connectivity index (χ4n) is 2.25. The highest BCUT2D eigenvalue weighted by Crippen LogP contribution is 2.29. The van der Waals surface area contributed by atoms with Gasteiger partial charge in [0.15, 0.2) is 5.82 Å². The van der Waals surface area contributed by atoms with E-state index in [0.717, 1.165) is 25.2 Å². The number of rotatable bonds is 7. The van der Waals surface area contributed by atoms with Crippen LogP contribution < -0.4 is 0 Å². The van der Waals surface area contributed by atoms with Gasteiger partial charge in [-0.3, -0.25) is 4.79 Å². The number of methoxy groups -OCH3 is 1. The van der Waals surface area contributed by atoms with E-state index in [2.05, 4.69) is 36.3 Å². The van der Waals surface area contributed by atoms with Gasteiger partial charge in [0.05, 0.1) is 13.0 Å². The molecule has 0 aromatic carbocycles. The molecule has 0 radical (unpaired) electrons. The lowest BCUT2D eigenvalue weighted by molar-refractivity contribution is -0.146. The second kappa shape index (κ2) is 7.21. The van der Waals surface area contributed by atoms with Crippen molar-refractivity contribution in [3.63, 3.8) is 0 Å². The number of ether oxygens (including phenoxy) is 1. The van der Waals surface area contributed by atoms with Crippen LogP contribution in [0.2, 0.25) is 0 Å². The van der Waals surface area contributed by atoms with E-state index in [1.54, 1.807) is 4.68 Å². The van der Waals surface area contributed by atoms with E-state index in [4.69, 9.17) is 4.74 Å². The molecule has 2 atom stereocenters. The van der Waals surface area contributed by atoms with Gasteiger partial charge in [0.25, 0.3) is 0 Å². The Kier molecular flexibility index (Phi) is 5.92. The fourth-order valence-corrected chi connectivity index (χ4v) is 2.25. The Labute approximate surface area is 114 Å². The number of aromatic nitrogens is 4. The van der Waals surface area contributed by atoms with Crippen molar-refractivity contribution < 1.29 is 9.53 Å². The molecule has 19 heavy (non-hydrogen) atoms. The first-order valence-corrected chi connectivity index (χ1v) is 6.85. The molecule has 108 valence electrons. The molecule has 1 heterocycles. The largest absolute Gasteiger partial charge is 0.469 e. The molecule has 0 aliphatic heterocycles. The number of hydrogen-bond acceptors (Lipinski definition) is 5. The van der Waals surface area contributed by atoms with Crippen LogP contribution in [0.1, 0.15) is 52.3 Å². The van der Waals surface area contributed by atoms with E-state index in [1.807, 2.05) is 6.92 Å². The first-order chi connectivity index (χ1) is 9.01. The summed E-state index contributed by atoms with van der Waals surface area (Å²) in [7, 11) is 1.43. The third kappa shape index (κ3) is 4.01. The minimum absolute atomic E-state index is 0.0450. The molecule has 0 bridgehead atoms. The predicted molar refractivity (Wildman–Crippen MR) is 71.5 cm³/mol. The van der Waals surface area contributed by atoms with Gasteiger partial charge in [0.1, 0.15) is 0 Å². The topological polar surface area (TPSA) is 69.9 Å². The summed E-state index contributed by atoms with van der Waals surface area (Å²) in [4.78, 5) is 12.0. The molecular weight excluding hydrogens is 244 g/mol. The molecule has 6 nitrogen and oxygen atoms in total. The Morgan fingerprint density at radius 1 is 1.37 bits per heavy atom. The summed E-state index contributed by atoms with van der Waals surface area (Å²) < 4.78 is 6.69. The van der Waals surface area contributed by atoms with Crippen LogP contribution in [-0.2, 0) is 16.1 Å². The Morgan fingerprint density at radius 2 is 2.05 bits per heavy atom. The molecule has 2 unspecified atom stereocenters. The number of aryl methyl sites for hydroxylation is 1. The number of tetrazole rings is 1. The molecule has 0 saturated carbocycles. The standard InChI is InChI=1S/C13H24N4O2/c1-6-7-17-12(14-15-16-17)10(4)11(8-9(2)3)13(18)19-5/h9-11H,6-8H2,1-5H3. The molecule has 0 N–H and O–H groups in total. The SMILES string of the molecule is CCCn1nnnc1C(C)C(CC(C)C)C(=O)OC. The molecule has 0 saturated heterocycles. The highest BCUT2D eigenvalue weighted by molar-refractivity contribution is 5.73. The third-order valence-corrected chi connectivity index (χ3v) is 3.24. The number of carbonyl (C=O) groups excluding carboxylic acids is 1. The molecule has 1 rings (SSSR count). The summed E-state index contributed by atoms with van der Waals surface area (Å²) in [6.07, 6.45) is 1.73. The summed E-state index contributed by atoms with van der Waals surface area (Å²) >= 11 is 0. The fraction of sp³-hybridized carbons (Fsp3) is 0.846. The zero-order valence-electron chi connectivity index (χ0n) is 12.5. The van der Waals surface area contributed by atoms with Crippen molar-refractivity contribution in [2.45, 2.75) is 53.0 Å². The van der Waals surface area contributed by atoms with Crippen molar-refractivity contribution in [3.05, 3.63) is 5.82 Å². The second-order valence-corrected chi connectivity index (χ2v) is 5.31. The first-order valence-electron chi connectivity index (χ1n) is 6.85. The lowest BCUT2D eigenvalue weighted by Gasteiger charge is -2.22. The van der Waals surface area contributed by atoms with E-state index in [9.17, 15) is 4.79 Å². The van der Waals surface area contributed by atoms with Crippen molar-refractivity contribution >= 4 is 5.97 Å². The maximum Gasteiger partial charge on any atom is 0.309 e. The zero-order valence-corrected chi connectivity index (χ0v) is 12.5. The molecule has 6 heteroatoms. The van der Waals surface area contributed by atoms with E-state index >= 15 is 0 Å². The van der Waals surface area contributed by atoms with Crippen molar-refractivity contribution in [1.82, 2.24) is 20.2 Å². The number of hydrogen-bond donors (Lipinski definition) is 0. The second-order valence-electron chi connectivity index (χ2n) is 5.31. The van der Waals surface area contributed by atoms with Gasteiger partial charge in [-0.15, -0.1) is 5.10 Å². The van der Waals surface area contributed by atoms with Crippen LogP contribution in [0.3, 0.4) is 0 Å². The maximum atomic E-state index is 12.0. The quantitative estimate of drug-likeness (QED) is 0.708. The summed E-state index contributed by atoms with van der Waals surface area (Å²) in [6.45, 7) is 9.02. The first kappa shape index (κ1) is 15.6. The lowest BCUT2D eigenvalue weighted by Crippen LogP contribution is -2.26. The molecule has 0 aliphatic rings. The summed E-state index contributed by atoms with van der Waals surface area (Å²) in [5, 5.41) is 11.8. The van der Waals surface area contributed by atoms with Crippen molar-refractivity contribution in [2.24, 2.45) is 11.8 Å². The van der Waals surface area contributed by atoms with Gasteiger partial charge in [-0.05, 0) is 29.2 Å². The smallest absolute Gasteiger partial charge is 0.309 e. The van der Waals surface area contributed by atoms with E-state index in [-0.39, 0.29) is 17.8 Å². The van der Waals surface area contributed by atoms with E-state index in [0.29, 0.717) is 5.92 Å². The molecule has 0 spiro atoms. The third-order valence-electron chi connectivity index (χ3n) is 3.24. The average molecular weight is 268 g/mol. The summed E-state index contributed by atoms with van der Waals surface area (Å²) in [5.41, 5.74) is 0. The number of esters is 1. The Balaban J connectivity index is 2.94. The van der Waals surface area contributed by atoms with Crippen LogP contribution in [0.5, 0.6) is 0 Å². The Morgan fingerprint density at radius 3 is 2.58 bits per heavy atom. The molecule has 0 fully saturated rings. The molecule has 1 aromatic rings. The molecule has 0 aliphatic carbocycles. The number of carbonyl (C=O) groups is 1. The van der Waals surface area contributed by atoms with Crippen LogP contribution in [0.15, 0.2) is 0 Å². The van der Waals surface area contributed by atoms with Crippen LogP contribution >= 0.6 is 0 Å². The van der Waals surface area contributed by atoms with Gasteiger partial charge in [-0.1, -0.05) is 27.7 Å². The van der Waals surface area contributed by atoms with Crippen molar-refractivity contribution in [2.75, 3.05) is 7.11 Å². The predicted octanol–water partition coefficient (Wildman–Crippen LogP) is 2.02. The van der Waals surface area contributed by atoms with Gasteiger partial charge in [-0.25, -0.2) is 4.68 Å². The zero-order chi connectivity index (χ0) is 14.4. The minimum atomic E-state index is -0.202. The molecule has 1 aromatic heterocycles. The van der Waals surface area contributed by atoms with Gasteiger partial charge in [-0.2, -0.15) is 0 Å². The van der Waals surface area contributed by atoms with Crippen molar-refractivity contribution in [1.29, 1.82) is 0 Å². The van der Waals surface area contributed by atoms with Crippen LogP contribution in [-0.4, -0.2) is 33.3 Å². The van der Waals surface area contributed by atoms with Crippen LogP contribution in [0.25, 0.3) is 0 Å². The lowest BCUT2D eigenvalue weighted by atomic mass is 9.86. The number of nitrogens with zero attached hydrogens (tertiary/aromatic N) is 4. The van der Waals surface area contributed by atoms with E-state index < -0.39 is 0 Å². The summed E-state index contributed by atoms with van der Waals surface area (Å²) in [5.74, 6) is 0.746.